The van der Waals surface area contributed by atoms with Crippen LogP contribution in [0.25, 0.3) is 0 Å². The van der Waals surface area contributed by atoms with Gasteiger partial charge < -0.3 is 14.5 Å². The number of hydrogen-bond donors (Lipinski definition) is 0. The molecule has 1 rings (SSSR count). The van der Waals surface area contributed by atoms with E-state index in [0.717, 1.165) is 6.26 Å². The summed E-state index contributed by atoms with van der Waals surface area (Å²) in [5.41, 5.74) is 0.248. The van der Waals surface area contributed by atoms with E-state index in [1.807, 2.05) is 0 Å². The van der Waals surface area contributed by atoms with Crippen molar-refractivity contribution in [3.63, 3.8) is 0 Å². The minimum Gasteiger partial charge on any atom is -0.462 e. The van der Waals surface area contributed by atoms with Gasteiger partial charge in [0.25, 0.3) is 0 Å². The van der Waals surface area contributed by atoms with Crippen LogP contribution < -0.4 is 0 Å². The van der Waals surface area contributed by atoms with Crippen LogP contribution in [0.5, 0.6) is 0 Å². The van der Waals surface area contributed by atoms with Gasteiger partial charge in [-0.25, -0.2) is 13.2 Å². The van der Waals surface area contributed by atoms with Crippen LogP contribution in [0.15, 0.2) is 22.2 Å². The van der Waals surface area contributed by atoms with Crippen molar-refractivity contribution in [3.05, 3.63) is 28.3 Å². The van der Waals surface area contributed by atoms with E-state index in [2.05, 4.69) is 5.16 Å². The van der Waals surface area contributed by atoms with E-state index < -0.39 is 15.8 Å². The zero-order valence-electron chi connectivity index (χ0n) is 14.3. The molecule has 0 amide bonds. The molecule has 0 radical (unpaired) electrons. The predicted octanol–water partition coefficient (Wildman–Crippen LogP) is 2.33. The number of halogens is 1. The third-order valence-corrected chi connectivity index (χ3v) is 4.76. The normalized spacial score (nSPS) is 12.0. The molecule has 24 heavy (non-hydrogen) atoms. The third kappa shape index (κ3) is 5.10. The molecule has 0 aliphatic rings. The quantitative estimate of drug-likeness (QED) is 0.328. The van der Waals surface area contributed by atoms with E-state index in [4.69, 9.17) is 21.2 Å². The molecule has 1 aromatic carbocycles. The highest BCUT2D eigenvalue weighted by Gasteiger charge is 2.22. The predicted molar refractivity (Wildman–Crippen MR) is 92.1 cm³/mol. The Morgan fingerprint density at radius 1 is 1.33 bits per heavy atom. The van der Waals surface area contributed by atoms with Gasteiger partial charge in [0, 0.05) is 25.9 Å². The Kier molecular flexibility index (Phi) is 7.04. The van der Waals surface area contributed by atoms with Gasteiger partial charge >= 0.3 is 5.97 Å². The molecule has 0 atom stereocenters. The van der Waals surface area contributed by atoms with Gasteiger partial charge in [0.05, 0.1) is 22.1 Å². The first kappa shape index (κ1) is 20.2. The van der Waals surface area contributed by atoms with Crippen molar-refractivity contribution < 1.29 is 22.8 Å². The van der Waals surface area contributed by atoms with Crippen molar-refractivity contribution in [2.24, 2.45) is 5.16 Å². The van der Waals surface area contributed by atoms with Crippen LogP contribution in [0.1, 0.15) is 29.8 Å². The lowest BCUT2D eigenvalue weighted by atomic mass is 10.1. The van der Waals surface area contributed by atoms with Crippen molar-refractivity contribution >= 4 is 33.2 Å². The van der Waals surface area contributed by atoms with E-state index in [0.29, 0.717) is 5.84 Å². The van der Waals surface area contributed by atoms with Crippen LogP contribution in [0.2, 0.25) is 5.02 Å². The lowest BCUT2D eigenvalue weighted by Gasteiger charge is -2.14. The van der Waals surface area contributed by atoms with Gasteiger partial charge in [-0.3, -0.25) is 0 Å². The summed E-state index contributed by atoms with van der Waals surface area (Å²) in [4.78, 5) is 18.8. The Hall–Kier alpha value is -1.80. The lowest BCUT2D eigenvalue weighted by molar-refractivity contribution is 0.0526. The molecule has 7 nitrogen and oxygen atoms in total. The van der Waals surface area contributed by atoms with Crippen LogP contribution in [-0.2, 0) is 26.0 Å². The molecule has 0 bridgehead atoms. The van der Waals surface area contributed by atoms with Crippen LogP contribution >= 0.6 is 11.6 Å². The van der Waals surface area contributed by atoms with E-state index in [1.54, 1.807) is 32.8 Å². The fourth-order valence-corrected chi connectivity index (χ4v) is 3.00. The first-order valence-corrected chi connectivity index (χ1v) is 9.39. The first-order valence-electron chi connectivity index (χ1n) is 7.12. The molecule has 134 valence electrons. The van der Waals surface area contributed by atoms with Crippen molar-refractivity contribution in [1.29, 1.82) is 0 Å². The van der Waals surface area contributed by atoms with Gasteiger partial charge in [0.15, 0.2) is 9.84 Å². The maximum Gasteiger partial charge on any atom is 0.339 e. The molecule has 0 aliphatic heterocycles. The Morgan fingerprint density at radius 3 is 2.46 bits per heavy atom. The Balaban J connectivity index is 3.29. The Bertz CT molecular complexity index is 744. The summed E-state index contributed by atoms with van der Waals surface area (Å²) in [7, 11) is 0.0272. The molecular formula is C15H21ClN2O5S. The van der Waals surface area contributed by atoms with Gasteiger partial charge in [0.2, 0.25) is 0 Å². The summed E-state index contributed by atoms with van der Waals surface area (Å²) in [6, 6.07) is 2.64. The monoisotopic (exact) mass is 376 g/mol. The molecule has 0 N–H and O–H groups in total. The fourth-order valence-electron chi connectivity index (χ4n) is 1.72. The van der Waals surface area contributed by atoms with E-state index in [-0.39, 0.29) is 34.3 Å². The number of ether oxygens (including phenoxy) is 1. The minimum atomic E-state index is -3.55. The van der Waals surface area contributed by atoms with Crippen molar-refractivity contribution in [3.8, 4) is 0 Å². The van der Waals surface area contributed by atoms with Gasteiger partial charge in [-0.15, -0.1) is 0 Å². The Morgan fingerprint density at radius 2 is 1.96 bits per heavy atom. The third-order valence-electron chi connectivity index (χ3n) is 3.15. The number of carbonyl (C=O) groups excluding carboxylic acids is 1. The second-order valence-corrected chi connectivity index (χ2v) is 7.56. The highest BCUT2D eigenvalue weighted by atomic mass is 35.5. The highest BCUT2D eigenvalue weighted by Crippen LogP contribution is 2.29. The molecule has 0 unspecified atom stereocenters. The van der Waals surface area contributed by atoms with Crippen molar-refractivity contribution in [1.82, 2.24) is 4.90 Å². The summed E-state index contributed by atoms with van der Waals surface area (Å²) in [5, 5.41) is 3.85. The number of carbonyl (C=O) groups is 1. The molecule has 9 heteroatoms. The maximum absolute atomic E-state index is 11.9. The molecule has 0 saturated heterocycles. The number of oxime groups is 1. The van der Waals surface area contributed by atoms with Gasteiger partial charge in [0.1, 0.15) is 12.4 Å². The molecule has 1 aromatic rings. The van der Waals surface area contributed by atoms with Crippen molar-refractivity contribution in [2.45, 2.75) is 25.3 Å². The molecule has 0 spiro atoms. The molecular weight excluding hydrogens is 356 g/mol. The number of hydrogen-bond acceptors (Lipinski definition) is 6. The topological polar surface area (TPSA) is 85.3 Å². The molecule has 0 saturated carbocycles. The second kappa shape index (κ2) is 8.34. The molecule has 0 heterocycles. The number of sulfone groups is 1. The molecule has 0 aliphatic carbocycles. The zero-order chi connectivity index (χ0) is 18.5. The maximum atomic E-state index is 11.9. The average molecular weight is 377 g/mol. The second-order valence-electron chi connectivity index (χ2n) is 5.20. The Labute approximate surface area is 147 Å². The van der Waals surface area contributed by atoms with Crippen LogP contribution in [0, 0.1) is 0 Å². The SMILES string of the molecule is CCOC(=O)c1ccc(S(C)(=O)=O)c(CO/N=C(/C)N(C)C)c1Cl. The summed E-state index contributed by atoms with van der Waals surface area (Å²) in [6.07, 6.45) is 1.06. The van der Waals surface area contributed by atoms with Crippen LogP contribution in [0.4, 0.5) is 0 Å². The number of rotatable bonds is 6. The standard InChI is InChI=1S/C15H21ClN2O5S/c1-6-22-15(19)11-7-8-13(24(5,20)21)12(14(11)16)9-23-17-10(2)18(3)4/h7-8H,6,9H2,1-5H3/b17-10-. The van der Waals surface area contributed by atoms with E-state index in [1.165, 1.54) is 12.1 Å². The number of benzene rings is 1. The lowest BCUT2D eigenvalue weighted by Crippen LogP contribution is -2.18. The zero-order valence-corrected chi connectivity index (χ0v) is 15.9. The smallest absolute Gasteiger partial charge is 0.339 e. The van der Waals surface area contributed by atoms with Crippen molar-refractivity contribution in [2.75, 3.05) is 27.0 Å². The highest BCUT2D eigenvalue weighted by molar-refractivity contribution is 7.90. The summed E-state index contributed by atoms with van der Waals surface area (Å²) < 4.78 is 28.8. The van der Waals surface area contributed by atoms with Crippen LogP contribution in [-0.4, -0.2) is 52.1 Å². The molecule has 0 fully saturated rings. The summed E-state index contributed by atoms with van der Waals surface area (Å²) >= 11 is 6.22. The fraction of sp³-hybridized carbons (Fsp3) is 0.467. The van der Waals surface area contributed by atoms with Gasteiger partial charge in [-0.1, -0.05) is 16.8 Å². The summed E-state index contributed by atoms with van der Waals surface area (Å²) in [6.45, 7) is 3.38. The average Bonchev–Trinajstić information content (AvgIpc) is 2.47. The number of esters is 1. The van der Waals surface area contributed by atoms with Gasteiger partial charge in [-0.2, -0.15) is 0 Å². The van der Waals surface area contributed by atoms with Gasteiger partial charge in [-0.05, 0) is 26.0 Å². The van der Waals surface area contributed by atoms with Crippen LogP contribution in [0.3, 0.4) is 0 Å². The minimum absolute atomic E-state index is 0.0155. The number of nitrogens with zero attached hydrogens (tertiary/aromatic N) is 2. The molecule has 0 aromatic heterocycles. The first-order chi connectivity index (χ1) is 11.1. The summed E-state index contributed by atoms with van der Waals surface area (Å²) in [5.74, 6) is -0.0367. The number of amidine groups is 1. The van der Waals surface area contributed by atoms with E-state index >= 15 is 0 Å². The largest absolute Gasteiger partial charge is 0.462 e. The van der Waals surface area contributed by atoms with E-state index in [9.17, 15) is 13.2 Å².